The first-order valence-electron chi connectivity index (χ1n) is 12.3. The molecule has 3 rings (SSSR count). The monoisotopic (exact) mass is 539 g/mol. The Labute approximate surface area is 216 Å². The fourth-order valence-electron chi connectivity index (χ4n) is 3.48. The summed E-state index contributed by atoms with van der Waals surface area (Å²) in [7, 11) is -2.54. The maximum absolute atomic E-state index is 16.2. The van der Waals surface area contributed by atoms with Gasteiger partial charge in [-0.25, -0.2) is 14.2 Å². The van der Waals surface area contributed by atoms with Crippen LogP contribution in [0.2, 0.25) is 18.1 Å². The molecule has 1 unspecified atom stereocenters. The minimum Gasteiger partial charge on any atom is -0.458 e. The Bertz CT molecular complexity index is 1230. The number of alkyl halides is 1. The van der Waals surface area contributed by atoms with Crippen LogP contribution >= 0.6 is 0 Å². The Morgan fingerprint density at radius 1 is 1.22 bits per heavy atom. The second-order valence-corrected chi connectivity index (χ2v) is 16.9. The minimum atomic E-state index is -2.54. The predicted octanol–water partition coefficient (Wildman–Crippen LogP) is 3.68. The van der Waals surface area contributed by atoms with E-state index in [4.69, 9.17) is 13.9 Å². The molecule has 0 aliphatic carbocycles. The van der Waals surface area contributed by atoms with Crippen LogP contribution in [0.25, 0.3) is 11.2 Å². The summed E-state index contributed by atoms with van der Waals surface area (Å²) in [6.07, 6.45) is -4.56. The molecule has 2 aromatic rings. The number of rotatable bonds is 6. The highest BCUT2D eigenvalue weighted by atomic mass is 28.4. The summed E-state index contributed by atoms with van der Waals surface area (Å²) >= 11 is 0. The summed E-state index contributed by atoms with van der Waals surface area (Å²) in [6, 6.07) is 0. The number of aromatic amines is 1. The second-order valence-electron chi connectivity index (χ2n) is 12.2. The maximum Gasteiger partial charge on any atom is 0.338 e. The molecule has 13 heteroatoms. The van der Waals surface area contributed by atoms with Crippen LogP contribution in [0.4, 0.5) is 10.3 Å². The number of fused-ring (bicyclic) bond motifs is 1. The number of hydrogen-bond donors (Lipinski definition) is 2. The molecule has 37 heavy (non-hydrogen) atoms. The van der Waals surface area contributed by atoms with Gasteiger partial charge in [-0.05, 0) is 38.9 Å². The summed E-state index contributed by atoms with van der Waals surface area (Å²) in [5.74, 6) is -1.57. The van der Waals surface area contributed by atoms with Crippen molar-refractivity contribution in [2.24, 2.45) is 5.92 Å². The molecule has 0 bridgehead atoms. The zero-order chi connectivity index (χ0) is 28.1. The van der Waals surface area contributed by atoms with E-state index in [9.17, 15) is 14.4 Å². The van der Waals surface area contributed by atoms with Crippen LogP contribution < -0.4 is 10.9 Å². The first-order chi connectivity index (χ1) is 16.8. The Kier molecular flexibility index (Phi) is 7.75. The van der Waals surface area contributed by atoms with Gasteiger partial charge in [0, 0.05) is 5.92 Å². The summed E-state index contributed by atoms with van der Waals surface area (Å²) in [4.78, 5) is 48.7. The third-order valence-electron chi connectivity index (χ3n) is 6.52. The molecule has 1 amide bonds. The Morgan fingerprint density at radius 3 is 2.38 bits per heavy atom. The number of imidazole rings is 1. The maximum atomic E-state index is 16.2. The van der Waals surface area contributed by atoms with Gasteiger partial charge >= 0.3 is 5.97 Å². The Balaban J connectivity index is 2.05. The largest absolute Gasteiger partial charge is 0.458 e. The van der Waals surface area contributed by atoms with Crippen molar-refractivity contribution in [3.8, 4) is 0 Å². The van der Waals surface area contributed by atoms with E-state index in [1.54, 1.807) is 34.6 Å². The Hall–Kier alpha value is -2.64. The lowest BCUT2D eigenvalue weighted by Gasteiger charge is -2.39. The second kappa shape index (κ2) is 9.91. The smallest absolute Gasteiger partial charge is 0.338 e. The summed E-state index contributed by atoms with van der Waals surface area (Å²) < 4.78 is 35.2. The molecule has 0 saturated carbocycles. The van der Waals surface area contributed by atoms with Crippen molar-refractivity contribution in [2.45, 2.75) is 104 Å². The summed E-state index contributed by atoms with van der Waals surface area (Å²) in [6.45, 7) is 18.4. The van der Waals surface area contributed by atoms with Crippen molar-refractivity contribution in [1.82, 2.24) is 19.5 Å². The van der Waals surface area contributed by atoms with Crippen molar-refractivity contribution in [3.63, 3.8) is 0 Å². The van der Waals surface area contributed by atoms with Gasteiger partial charge in [0.15, 0.2) is 38.0 Å². The molecule has 3 heterocycles. The average molecular weight is 540 g/mol. The number of hydrogen-bond acceptors (Lipinski definition) is 8. The normalized spacial score (nSPS) is 23.0. The van der Waals surface area contributed by atoms with Crippen molar-refractivity contribution in [2.75, 3.05) is 5.32 Å². The summed E-state index contributed by atoms with van der Waals surface area (Å²) in [5.41, 5.74) is -1.52. The third kappa shape index (κ3) is 6.09. The Morgan fingerprint density at radius 2 is 1.84 bits per heavy atom. The fourth-order valence-corrected chi connectivity index (χ4v) is 4.76. The third-order valence-corrected chi connectivity index (χ3v) is 11.0. The van der Waals surface area contributed by atoms with Crippen molar-refractivity contribution in [3.05, 3.63) is 16.7 Å². The number of esters is 1. The van der Waals surface area contributed by atoms with E-state index >= 15 is 4.39 Å². The lowest BCUT2D eigenvalue weighted by Crippen LogP contribution is -2.50. The lowest BCUT2D eigenvalue weighted by molar-refractivity contribution is -0.172. The van der Waals surface area contributed by atoms with Gasteiger partial charge in [0.1, 0.15) is 11.7 Å². The zero-order valence-electron chi connectivity index (χ0n) is 23.1. The number of anilines is 1. The molecule has 1 fully saturated rings. The quantitative estimate of drug-likeness (QED) is 0.419. The lowest BCUT2D eigenvalue weighted by atomic mass is 10.1. The fraction of sp³-hybridized carbons (Fsp3) is 0.708. The molecule has 0 radical (unpaired) electrons. The highest BCUT2D eigenvalue weighted by molar-refractivity contribution is 6.74. The zero-order valence-corrected chi connectivity index (χ0v) is 24.1. The number of amides is 1. The van der Waals surface area contributed by atoms with E-state index < -0.39 is 50.1 Å². The highest BCUT2D eigenvalue weighted by Gasteiger charge is 2.55. The van der Waals surface area contributed by atoms with Gasteiger partial charge < -0.3 is 13.9 Å². The number of ether oxygens (including phenoxy) is 2. The topological polar surface area (TPSA) is 137 Å². The number of carbonyl (C=O) groups is 2. The molecule has 4 atom stereocenters. The first kappa shape index (κ1) is 28.9. The molecule has 0 spiro atoms. The van der Waals surface area contributed by atoms with Gasteiger partial charge in [-0.1, -0.05) is 34.6 Å². The SMILES string of the molecule is CC(C)C(=O)Nc1nc2c(ncn2[C@@H]2O[C@H](C(=O)OC(C)(C)C)C(O[Si](C)(C)C(C)(C)C)[C@H]2F)c(=O)[nH]1. The molecule has 2 N–H and O–H groups in total. The van der Waals surface area contributed by atoms with Crippen molar-refractivity contribution in [1.29, 1.82) is 0 Å². The first-order valence-corrected chi connectivity index (χ1v) is 15.2. The van der Waals surface area contributed by atoms with E-state index in [0.717, 1.165) is 0 Å². The van der Waals surface area contributed by atoms with Crippen LogP contribution in [-0.4, -0.2) is 63.7 Å². The van der Waals surface area contributed by atoms with Gasteiger partial charge in [0.25, 0.3) is 5.56 Å². The van der Waals surface area contributed by atoms with Crippen LogP contribution in [0, 0.1) is 5.92 Å². The minimum absolute atomic E-state index is 0.00799. The number of halogens is 1. The van der Waals surface area contributed by atoms with Crippen LogP contribution in [-0.2, 0) is 23.5 Å². The van der Waals surface area contributed by atoms with Gasteiger partial charge in [-0.15, -0.1) is 0 Å². The number of nitrogens with zero attached hydrogens (tertiary/aromatic N) is 3. The standard InChI is InChI=1S/C24H38FN5O6Si/c1-12(2)18(31)28-22-27-17-14(19(32)29-22)26-11-30(17)20-13(25)15(36-37(9,10)24(6,7)8)16(34-20)21(33)35-23(3,4)5/h11-13,15-16,20H,1-10H3,(H2,27,28,29,31,32)/t13-,15?,16+,20-/m1/s1. The molecule has 2 aromatic heterocycles. The van der Waals surface area contributed by atoms with Gasteiger partial charge in [-0.2, -0.15) is 4.98 Å². The van der Waals surface area contributed by atoms with Crippen LogP contribution in [0.15, 0.2) is 11.1 Å². The van der Waals surface area contributed by atoms with E-state index in [1.807, 2.05) is 33.9 Å². The number of carbonyl (C=O) groups excluding carboxylic acids is 2. The molecule has 0 aromatic carbocycles. The van der Waals surface area contributed by atoms with E-state index in [1.165, 1.54) is 10.9 Å². The number of aromatic nitrogens is 4. The molecule has 206 valence electrons. The van der Waals surface area contributed by atoms with Gasteiger partial charge in [-0.3, -0.25) is 24.5 Å². The van der Waals surface area contributed by atoms with E-state index in [0.29, 0.717) is 0 Å². The van der Waals surface area contributed by atoms with Gasteiger partial charge in [0.05, 0.1) is 6.33 Å². The van der Waals surface area contributed by atoms with Crippen LogP contribution in [0.1, 0.15) is 61.6 Å². The van der Waals surface area contributed by atoms with Crippen LogP contribution in [0.5, 0.6) is 0 Å². The number of nitrogens with one attached hydrogen (secondary N) is 2. The summed E-state index contributed by atoms with van der Waals surface area (Å²) in [5, 5.41) is 2.27. The van der Waals surface area contributed by atoms with E-state index in [-0.39, 0.29) is 34.0 Å². The molecular weight excluding hydrogens is 501 g/mol. The molecule has 1 aliphatic heterocycles. The predicted molar refractivity (Wildman–Crippen MR) is 138 cm³/mol. The average Bonchev–Trinajstić information content (AvgIpc) is 3.27. The molecular formula is C24H38FN5O6Si. The highest BCUT2D eigenvalue weighted by Crippen LogP contribution is 2.43. The van der Waals surface area contributed by atoms with Crippen LogP contribution in [0.3, 0.4) is 0 Å². The van der Waals surface area contributed by atoms with Crippen molar-refractivity contribution < 1.29 is 27.9 Å². The molecule has 1 saturated heterocycles. The number of H-pyrrole nitrogens is 1. The van der Waals surface area contributed by atoms with Crippen molar-refractivity contribution >= 4 is 37.3 Å². The molecule has 1 aliphatic rings. The van der Waals surface area contributed by atoms with Gasteiger partial charge in [0.2, 0.25) is 11.9 Å². The van der Waals surface area contributed by atoms with E-state index in [2.05, 4.69) is 20.3 Å². The molecule has 11 nitrogen and oxygen atoms in total.